The van der Waals surface area contributed by atoms with Gasteiger partial charge in [-0.25, -0.2) is 9.59 Å². The molecule has 4 rings (SSSR count). The molecule has 9 nitrogen and oxygen atoms in total. The smallest absolute Gasteiger partial charge is 0.410 e. The van der Waals surface area contributed by atoms with Crippen molar-refractivity contribution in [1.82, 2.24) is 4.90 Å². The van der Waals surface area contributed by atoms with Crippen LogP contribution >= 0.6 is 0 Å². The lowest BCUT2D eigenvalue weighted by Gasteiger charge is -2.25. The number of likely N-dealkylation sites (tertiary alicyclic amines) is 1. The van der Waals surface area contributed by atoms with E-state index < -0.39 is 35.9 Å². The Balaban J connectivity index is 1.55. The fourth-order valence-corrected chi connectivity index (χ4v) is 5.12. The molecular formula is C33H35NO8. The molecule has 3 aromatic rings. The van der Waals surface area contributed by atoms with Crippen LogP contribution in [0.25, 0.3) is 0 Å². The largest absolute Gasteiger partial charge is 0.493 e. The highest BCUT2D eigenvalue weighted by molar-refractivity contribution is 6.00. The van der Waals surface area contributed by atoms with Crippen LogP contribution in [0, 0.1) is 11.8 Å². The Morgan fingerprint density at radius 1 is 0.857 bits per heavy atom. The van der Waals surface area contributed by atoms with Crippen LogP contribution in [0.1, 0.15) is 34.8 Å². The fraction of sp³-hybridized carbons (Fsp3) is 0.333. The van der Waals surface area contributed by atoms with Crippen LogP contribution < -0.4 is 4.74 Å². The molecule has 1 amide bonds. The van der Waals surface area contributed by atoms with E-state index in [0.717, 1.165) is 11.1 Å². The highest BCUT2D eigenvalue weighted by atomic mass is 16.6. The summed E-state index contributed by atoms with van der Waals surface area (Å²) in [5.74, 6) is -2.90. The third-order valence-electron chi connectivity index (χ3n) is 7.21. The summed E-state index contributed by atoms with van der Waals surface area (Å²) in [6.07, 6.45) is -0.337. The van der Waals surface area contributed by atoms with Gasteiger partial charge in [0.05, 0.1) is 26.7 Å². The van der Waals surface area contributed by atoms with Gasteiger partial charge in [-0.3, -0.25) is 14.5 Å². The third-order valence-corrected chi connectivity index (χ3v) is 7.21. The van der Waals surface area contributed by atoms with Crippen molar-refractivity contribution in [2.45, 2.75) is 32.4 Å². The number of nitrogens with zero attached hydrogens (tertiary/aromatic N) is 1. The van der Waals surface area contributed by atoms with E-state index in [2.05, 4.69) is 0 Å². The van der Waals surface area contributed by atoms with Crippen LogP contribution in [0.15, 0.2) is 84.9 Å². The molecule has 0 N–H and O–H groups in total. The Kier molecular flexibility index (Phi) is 10.7. The number of ether oxygens (including phenoxy) is 4. The van der Waals surface area contributed by atoms with Crippen molar-refractivity contribution in [2.24, 2.45) is 11.8 Å². The van der Waals surface area contributed by atoms with E-state index in [-0.39, 0.29) is 32.0 Å². The lowest BCUT2D eigenvalue weighted by molar-refractivity contribution is -0.150. The van der Waals surface area contributed by atoms with Crippen molar-refractivity contribution < 1.29 is 38.1 Å². The van der Waals surface area contributed by atoms with E-state index >= 15 is 0 Å². The molecule has 1 heterocycles. The van der Waals surface area contributed by atoms with Gasteiger partial charge >= 0.3 is 18.0 Å². The minimum atomic E-state index is -1.20. The van der Waals surface area contributed by atoms with Gasteiger partial charge in [0.15, 0.2) is 5.78 Å². The van der Waals surface area contributed by atoms with Gasteiger partial charge in [0.2, 0.25) is 0 Å². The number of esters is 2. The monoisotopic (exact) mass is 573 g/mol. The number of amides is 1. The summed E-state index contributed by atoms with van der Waals surface area (Å²) in [4.78, 5) is 54.0. The van der Waals surface area contributed by atoms with E-state index in [1.165, 1.54) is 12.0 Å². The van der Waals surface area contributed by atoms with Crippen LogP contribution in [-0.2, 0) is 36.8 Å². The summed E-state index contributed by atoms with van der Waals surface area (Å²) < 4.78 is 21.6. The quantitative estimate of drug-likeness (QED) is 0.172. The highest BCUT2D eigenvalue weighted by Crippen LogP contribution is 2.37. The Morgan fingerprint density at radius 2 is 1.55 bits per heavy atom. The zero-order valence-electron chi connectivity index (χ0n) is 23.8. The lowest BCUT2D eigenvalue weighted by Crippen LogP contribution is -2.45. The molecule has 1 aliphatic rings. The highest BCUT2D eigenvalue weighted by Gasteiger charge is 2.52. The Hall–Kier alpha value is -4.66. The number of hydrogen-bond acceptors (Lipinski definition) is 8. The summed E-state index contributed by atoms with van der Waals surface area (Å²) in [6.45, 7) is 1.98. The Labute approximate surface area is 245 Å². The Bertz CT molecular complexity index is 1360. The van der Waals surface area contributed by atoms with Crippen LogP contribution in [0.5, 0.6) is 5.75 Å². The van der Waals surface area contributed by atoms with Crippen molar-refractivity contribution in [2.75, 3.05) is 26.9 Å². The molecule has 0 unspecified atom stereocenters. The van der Waals surface area contributed by atoms with Crippen LogP contribution in [0.2, 0.25) is 0 Å². The normalized spacial score (nSPS) is 17.8. The number of methoxy groups -OCH3 is 1. The second-order valence-corrected chi connectivity index (χ2v) is 9.92. The maximum Gasteiger partial charge on any atom is 0.410 e. The number of rotatable bonds is 12. The van der Waals surface area contributed by atoms with Gasteiger partial charge in [-0.1, -0.05) is 72.8 Å². The molecule has 1 saturated heterocycles. The first-order valence-electron chi connectivity index (χ1n) is 13.9. The number of benzene rings is 3. The molecule has 0 aromatic heterocycles. The SMILES string of the molecule is CCOC(=O)[C@@H]1[C@@H](CC(=O)OC)[C@@H](C(=O)c2cccc(OCCc3ccccc3)c2)CN1C(=O)OCc1ccccc1. The maximum atomic E-state index is 13.9. The first kappa shape index (κ1) is 30.3. The summed E-state index contributed by atoms with van der Waals surface area (Å²) in [5.41, 5.74) is 2.24. The first-order valence-corrected chi connectivity index (χ1v) is 13.9. The lowest BCUT2D eigenvalue weighted by atomic mass is 9.82. The summed E-state index contributed by atoms with van der Waals surface area (Å²) >= 11 is 0. The molecule has 0 saturated carbocycles. The van der Waals surface area contributed by atoms with Gasteiger partial charge in [-0.2, -0.15) is 0 Å². The van der Waals surface area contributed by atoms with Crippen LogP contribution in [-0.4, -0.2) is 61.6 Å². The van der Waals surface area contributed by atoms with E-state index in [1.807, 2.05) is 48.5 Å². The second kappa shape index (κ2) is 14.8. The second-order valence-electron chi connectivity index (χ2n) is 9.92. The summed E-state index contributed by atoms with van der Waals surface area (Å²) in [7, 11) is 1.23. The molecule has 0 radical (unpaired) electrons. The van der Waals surface area contributed by atoms with Gasteiger partial charge in [0.1, 0.15) is 18.4 Å². The Morgan fingerprint density at radius 3 is 2.21 bits per heavy atom. The molecule has 3 aromatic carbocycles. The molecular weight excluding hydrogens is 538 g/mol. The summed E-state index contributed by atoms with van der Waals surface area (Å²) in [5, 5.41) is 0. The standard InChI is InChI=1S/C33H35NO8/c1-3-40-32(37)30-27(20-29(35)39-2)28(21-34(30)33(38)42-22-24-13-8-5-9-14-24)31(36)25-15-10-16-26(19-25)41-18-17-23-11-6-4-7-12-23/h4-16,19,27-28,30H,3,17-18,20-22H2,1-2H3/t27-,28-,30-/m0/s1. The fourth-order valence-electron chi connectivity index (χ4n) is 5.12. The third kappa shape index (κ3) is 7.75. The van der Waals surface area contributed by atoms with Gasteiger partial charge in [-0.05, 0) is 30.2 Å². The molecule has 42 heavy (non-hydrogen) atoms. The number of carbonyl (C=O) groups is 4. The summed E-state index contributed by atoms with van der Waals surface area (Å²) in [6, 6.07) is 24.6. The van der Waals surface area contributed by atoms with Crippen LogP contribution in [0.3, 0.4) is 0 Å². The van der Waals surface area contributed by atoms with Crippen molar-refractivity contribution in [1.29, 1.82) is 0 Å². The molecule has 3 atom stereocenters. The predicted octanol–water partition coefficient (Wildman–Crippen LogP) is 4.87. The maximum absolute atomic E-state index is 13.9. The van der Waals surface area contributed by atoms with E-state index in [1.54, 1.807) is 43.3 Å². The number of carbonyl (C=O) groups excluding carboxylic acids is 4. The molecule has 1 aliphatic heterocycles. The van der Waals surface area contributed by atoms with Gasteiger partial charge < -0.3 is 18.9 Å². The van der Waals surface area contributed by atoms with Gasteiger partial charge in [0, 0.05) is 30.4 Å². The molecule has 1 fully saturated rings. The minimum absolute atomic E-state index is 0.0195. The van der Waals surface area contributed by atoms with Crippen molar-refractivity contribution in [3.05, 3.63) is 102 Å². The van der Waals surface area contributed by atoms with Crippen molar-refractivity contribution in [3.8, 4) is 5.75 Å². The first-order chi connectivity index (χ1) is 20.4. The van der Waals surface area contributed by atoms with Gasteiger partial charge in [0.25, 0.3) is 0 Å². The number of hydrogen-bond donors (Lipinski definition) is 0. The zero-order valence-corrected chi connectivity index (χ0v) is 23.8. The van der Waals surface area contributed by atoms with E-state index in [4.69, 9.17) is 18.9 Å². The average Bonchev–Trinajstić information content (AvgIpc) is 3.39. The van der Waals surface area contributed by atoms with Crippen molar-refractivity contribution in [3.63, 3.8) is 0 Å². The number of Topliss-reactive ketones (excluding diaryl/α,β-unsaturated/α-hetero) is 1. The average molecular weight is 574 g/mol. The topological polar surface area (TPSA) is 108 Å². The zero-order chi connectivity index (χ0) is 29.9. The molecule has 0 bridgehead atoms. The molecule has 0 aliphatic carbocycles. The van der Waals surface area contributed by atoms with Gasteiger partial charge in [-0.15, -0.1) is 0 Å². The molecule has 220 valence electrons. The van der Waals surface area contributed by atoms with E-state index in [9.17, 15) is 19.2 Å². The number of ketones is 1. The molecule has 0 spiro atoms. The van der Waals surface area contributed by atoms with Crippen molar-refractivity contribution >= 4 is 23.8 Å². The van der Waals surface area contributed by atoms with E-state index in [0.29, 0.717) is 24.3 Å². The predicted molar refractivity (Wildman–Crippen MR) is 154 cm³/mol. The molecule has 9 heteroatoms. The van der Waals surface area contributed by atoms with Crippen LogP contribution in [0.4, 0.5) is 4.79 Å². The minimum Gasteiger partial charge on any atom is -0.493 e.